The standard InChI is InChI=1S/C22H21N3O3/c1-14(21(26)24-28-2)12-25-13-19-17(22(25)27)9-8-15-6-7-16(11-18(15)19)20-5-3-4-10-23-20/h3-11,21,24,26H,1,12-13H2,2H3. The van der Waals surface area contributed by atoms with Crippen LogP contribution in [0.25, 0.3) is 22.0 Å². The van der Waals surface area contributed by atoms with Crippen LogP contribution < -0.4 is 5.48 Å². The Labute approximate surface area is 163 Å². The minimum absolute atomic E-state index is 0.0640. The summed E-state index contributed by atoms with van der Waals surface area (Å²) in [5.74, 6) is -0.0640. The van der Waals surface area contributed by atoms with E-state index in [-0.39, 0.29) is 12.5 Å². The predicted octanol–water partition coefficient (Wildman–Crippen LogP) is 2.88. The first-order chi connectivity index (χ1) is 13.6. The molecule has 1 aliphatic heterocycles. The summed E-state index contributed by atoms with van der Waals surface area (Å²) < 4.78 is 0. The molecule has 0 saturated heterocycles. The molecule has 28 heavy (non-hydrogen) atoms. The Kier molecular flexibility index (Phi) is 4.92. The van der Waals surface area contributed by atoms with Gasteiger partial charge in [-0.15, -0.1) is 0 Å². The Hall–Kier alpha value is -3.06. The molecule has 0 fully saturated rings. The first kappa shape index (κ1) is 18.3. The van der Waals surface area contributed by atoms with E-state index in [2.05, 4.69) is 29.2 Å². The number of nitrogens with zero attached hydrogens (tertiary/aromatic N) is 2. The molecule has 1 unspecified atom stereocenters. The number of hydroxylamine groups is 1. The molecule has 0 saturated carbocycles. The van der Waals surface area contributed by atoms with Crippen molar-refractivity contribution in [2.24, 2.45) is 0 Å². The summed E-state index contributed by atoms with van der Waals surface area (Å²) in [5.41, 5.74) is 6.46. The van der Waals surface area contributed by atoms with Crippen LogP contribution in [0, 0.1) is 0 Å². The van der Waals surface area contributed by atoms with Crippen molar-refractivity contribution in [2.45, 2.75) is 12.8 Å². The van der Waals surface area contributed by atoms with Gasteiger partial charge in [0, 0.05) is 30.4 Å². The van der Waals surface area contributed by atoms with Gasteiger partial charge in [-0.25, -0.2) is 0 Å². The number of carbonyl (C=O) groups is 1. The van der Waals surface area contributed by atoms with E-state index in [9.17, 15) is 9.90 Å². The van der Waals surface area contributed by atoms with Gasteiger partial charge < -0.3 is 14.8 Å². The number of benzene rings is 2. The Morgan fingerprint density at radius 3 is 2.89 bits per heavy atom. The Balaban J connectivity index is 1.67. The molecular weight excluding hydrogens is 354 g/mol. The molecule has 1 aromatic heterocycles. The number of pyridine rings is 1. The third kappa shape index (κ3) is 3.29. The number of rotatable bonds is 6. The monoisotopic (exact) mass is 375 g/mol. The van der Waals surface area contributed by atoms with Gasteiger partial charge in [-0.05, 0) is 46.2 Å². The van der Waals surface area contributed by atoms with Crippen molar-refractivity contribution >= 4 is 16.7 Å². The van der Waals surface area contributed by atoms with Crippen LogP contribution in [0.15, 0.2) is 66.9 Å². The highest BCUT2D eigenvalue weighted by Crippen LogP contribution is 2.33. The maximum absolute atomic E-state index is 12.9. The van der Waals surface area contributed by atoms with Crippen LogP contribution in [0.4, 0.5) is 0 Å². The van der Waals surface area contributed by atoms with Gasteiger partial charge in [-0.2, -0.15) is 5.48 Å². The molecule has 6 heteroatoms. The van der Waals surface area contributed by atoms with Gasteiger partial charge in [-0.3, -0.25) is 9.78 Å². The summed E-state index contributed by atoms with van der Waals surface area (Å²) in [5, 5.41) is 12.1. The van der Waals surface area contributed by atoms with Crippen molar-refractivity contribution in [3.63, 3.8) is 0 Å². The van der Waals surface area contributed by atoms with Gasteiger partial charge in [-0.1, -0.05) is 30.8 Å². The molecule has 0 aliphatic carbocycles. The van der Waals surface area contributed by atoms with Crippen molar-refractivity contribution in [3.05, 3.63) is 78.0 Å². The van der Waals surface area contributed by atoms with E-state index in [1.54, 1.807) is 11.1 Å². The highest BCUT2D eigenvalue weighted by Gasteiger charge is 2.30. The lowest BCUT2D eigenvalue weighted by Gasteiger charge is -2.20. The normalized spacial score (nSPS) is 14.4. The molecule has 0 radical (unpaired) electrons. The number of fused-ring (bicyclic) bond motifs is 3. The number of aliphatic hydroxyl groups excluding tert-OH is 1. The van der Waals surface area contributed by atoms with Gasteiger partial charge in [0.15, 0.2) is 0 Å². The third-order valence-electron chi connectivity index (χ3n) is 4.97. The van der Waals surface area contributed by atoms with Crippen LogP contribution >= 0.6 is 0 Å². The van der Waals surface area contributed by atoms with Crippen molar-refractivity contribution in [1.29, 1.82) is 0 Å². The lowest BCUT2D eigenvalue weighted by atomic mass is 9.98. The summed E-state index contributed by atoms with van der Waals surface area (Å²) in [6.45, 7) is 4.57. The first-order valence-electron chi connectivity index (χ1n) is 8.99. The maximum atomic E-state index is 12.9. The average molecular weight is 375 g/mol. The van der Waals surface area contributed by atoms with Gasteiger partial charge in [0.05, 0.1) is 12.8 Å². The largest absolute Gasteiger partial charge is 0.372 e. The van der Waals surface area contributed by atoms with Crippen molar-refractivity contribution < 1.29 is 14.7 Å². The predicted molar refractivity (Wildman–Crippen MR) is 107 cm³/mol. The summed E-state index contributed by atoms with van der Waals surface area (Å²) in [4.78, 5) is 23.7. The third-order valence-corrected chi connectivity index (χ3v) is 4.97. The second-order valence-electron chi connectivity index (χ2n) is 6.79. The van der Waals surface area contributed by atoms with Gasteiger partial charge in [0.25, 0.3) is 5.91 Å². The number of nitrogens with one attached hydrogen (secondary N) is 1. The van der Waals surface area contributed by atoms with Crippen LogP contribution in [0.5, 0.6) is 0 Å². The highest BCUT2D eigenvalue weighted by atomic mass is 16.7. The fourth-order valence-corrected chi connectivity index (χ4v) is 3.53. The van der Waals surface area contributed by atoms with E-state index in [4.69, 9.17) is 4.84 Å². The zero-order chi connectivity index (χ0) is 19.7. The Morgan fingerprint density at radius 1 is 1.32 bits per heavy atom. The van der Waals surface area contributed by atoms with E-state index in [0.717, 1.165) is 27.6 Å². The first-order valence-corrected chi connectivity index (χ1v) is 8.99. The number of hydrogen-bond donors (Lipinski definition) is 2. The number of amides is 1. The molecule has 1 aliphatic rings. The summed E-state index contributed by atoms with van der Waals surface area (Å²) >= 11 is 0. The molecule has 6 nitrogen and oxygen atoms in total. The number of aromatic nitrogens is 1. The fourth-order valence-electron chi connectivity index (χ4n) is 3.53. The van der Waals surface area contributed by atoms with Crippen LogP contribution in [0.2, 0.25) is 0 Å². The molecule has 2 aromatic carbocycles. The SMILES string of the molecule is C=C(CN1Cc2c(ccc3ccc(-c4ccccn4)cc23)C1=O)C(O)NOC. The molecule has 3 aromatic rings. The minimum atomic E-state index is -1.03. The molecule has 4 rings (SSSR count). The minimum Gasteiger partial charge on any atom is -0.372 e. The van der Waals surface area contributed by atoms with Crippen LogP contribution in [0.1, 0.15) is 15.9 Å². The van der Waals surface area contributed by atoms with E-state index < -0.39 is 6.23 Å². The highest BCUT2D eigenvalue weighted by molar-refractivity contribution is 6.05. The molecule has 0 bridgehead atoms. The zero-order valence-corrected chi connectivity index (χ0v) is 15.6. The molecule has 2 N–H and O–H groups in total. The summed E-state index contributed by atoms with van der Waals surface area (Å²) in [6.07, 6.45) is 0.736. The van der Waals surface area contributed by atoms with E-state index in [0.29, 0.717) is 17.7 Å². The van der Waals surface area contributed by atoms with Gasteiger partial charge in [0.2, 0.25) is 0 Å². The van der Waals surface area contributed by atoms with Gasteiger partial charge in [0.1, 0.15) is 6.23 Å². The Bertz CT molecular complexity index is 1050. The van der Waals surface area contributed by atoms with Gasteiger partial charge >= 0.3 is 0 Å². The topological polar surface area (TPSA) is 74.7 Å². The number of aliphatic hydroxyl groups is 1. The average Bonchev–Trinajstić information content (AvgIpc) is 3.04. The van der Waals surface area contributed by atoms with Crippen LogP contribution in [-0.2, 0) is 11.4 Å². The zero-order valence-electron chi connectivity index (χ0n) is 15.6. The van der Waals surface area contributed by atoms with E-state index in [1.165, 1.54) is 7.11 Å². The quantitative estimate of drug-likeness (QED) is 0.394. The lowest BCUT2D eigenvalue weighted by molar-refractivity contribution is -0.0140. The Morgan fingerprint density at radius 2 is 2.14 bits per heavy atom. The number of hydrogen-bond acceptors (Lipinski definition) is 5. The number of carbonyl (C=O) groups excluding carboxylic acids is 1. The smallest absolute Gasteiger partial charge is 0.254 e. The van der Waals surface area contributed by atoms with Crippen molar-refractivity contribution in [1.82, 2.24) is 15.4 Å². The molecule has 2 heterocycles. The second kappa shape index (κ2) is 7.52. The summed E-state index contributed by atoms with van der Waals surface area (Å²) in [7, 11) is 1.42. The molecular formula is C22H21N3O3. The molecule has 0 spiro atoms. The summed E-state index contributed by atoms with van der Waals surface area (Å²) in [6, 6.07) is 15.8. The lowest BCUT2D eigenvalue weighted by Crippen LogP contribution is -2.35. The van der Waals surface area contributed by atoms with E-state index in [1.807, 2.05) is 36.4 Å². The van der Waals surface area contributed by atoms with Crippen LogP contribution in [0.3, 0.4) is 0 Å². The fraction of sp³-hybridized carbons (Fsp3) is 0.182. The molecule has 142 valence electrons. The van der Waals surface area contributed by atoms with Crippen molar-refractivity contribution in [3.8, 4) is 11.3 Å². The van der Waals surface area contributed by atoms with Crippen LogP contribution in [-0.4, -0.2) is 40.8 Å². The maximum Gasteiger partial charge on any atom is 0.254 e. The van der Waals surface area contributed by atoms with Crippen molar-refractivity contribution in [2.75, 3.05) is 13.7 Å². The molecule has 1 atom stereocenters. The molecule has 1 amide bonds. The van der Waals surface area contributed by atoms with E-state index >= 15 is 0 Å². The second-order valence-corrected chi connectivity index (χ2v) is 6.79.